The molecule has 0 spiro atoms. The fourth-order valence-corrected chi connectivity index (χ4v) is 3.61. The van der Waals surface area contributed by atoms with E-state index in [0.717, 1.165) is 16.5 Å². The Hall–Kier alpha value is -1.63. The maximum Gasteiger partial charge on any atom is 0.347 e. The minimum Gasteiger partial charge on any atom is -0.359 e. The molecule has 3 aromatic rings. The molecule has 25 heavy (non-hydrogen) atoms. The van der Waals surface area contributed by atoms with E-state index in [2.05, 4.69) is 20.5 Å². The van der Waals surface area contributed by atoms with Crippen LogP contribution in [0.25, 0.3) is 22.0 Å². The number of benzene rings is 1. The second-order valence-electron chi connectivity index (χ2n) is 5.19. The average molecular weight is 401 g/mol. The van der Waals surface area contributed by atoms with Crippen LogP contribution in [0.15, 0.2) is 30.6 Å². The van der Waals surface area contributed by atoms with E-state index >= 15 is 0 Å². The van der Waals surface area contributed by atoms with Crippen LogP contribution in [-0.4, -0.2) is 33.0 Å². The van der Waals surface area contributed by atoms with E-state index < -0.39 is 7.60 Å². The van der Waals surface area contributed by atoms with E-state index in [4.69, 9.17) is 27.7 Å². The maximum absolute atomic E-state index is 11.9. The molecule has 10 heteroatoms. The predicted octanol–water partition coefficient (Wildman–Crippen LogP) is 4.52. The average Bonchev–Trinajstić information content (AvgIpc) is 3.10. The molecule has 1 unspecified atom stereocenters. The third kappa shape index (κ3) is 3.97. The third-order valence-electron chi connectivity index (χ3n) is 3.47. The Labute approximate surface area is 153 Å². The van der Waals surface area contributed by atoms with Crippen molar-refractivity contribution in [1.29, 1.82) is 0 Å². The summed E-state index contributed by atoms with van der Waals surface area (Å²) in [5.74, 6) is 0.377. The summed E-state index contributed by atoms with van der Waals surface area (Å²) in [6.07, 6.45) is 3.12. The van der Waals surface area contributed by atoms with Crippen LogP contribution in [0.1, 0.15) is 6.92 Å². The molecule has 0 saturated heterocycles. The third-order valence-corrected chi connectivity index (χ3v) is 5.49. The summed E-state index contributed by atoms with van der Waals surface area (Å²) in [6, 6.07) is 5.27. The molecule has 1 aromatic carbocycles. The number of aromatic nitrogens is 3. The Bertz CT molecular complexity index is 950. The zero-order valence-corrected chi connectivity index (χ0v) is 15.6. The fraction of sp³-hybridized carbons (Fsp3) is 0.200. The summed E-state index contributed by atoms with van der Waals surface area (Å²) in [4.78, 5) is 14.1. The fourth-order valence-electron chi connectivity index (χ4n) is 2.39. The van der Waals surface area contributed by atoms with Crippen molar-refractivity contribution in [2.45, 2.75) is 6.92 Å². The summed E-state index contributed by atoms with van der Waals surface area (Å²) in [6.45, 7) is 1.79. The highest BCUT2D eigenvalue weighted by atomic mass is 35.5. The van der Waals surface area contributed by atoms with E-state index in [9.17, 15) is 9.46 Å². The molecule has 0 aliphatic carbocycles. The van der Waals surface area contributed by atoms with Gasteiger partial charge in [-0.3, -0.25) is 9.66 Å². The van der Waals surface area contributed by atoms with E-state index in [0.29, 0.717) is 21.4 Å². The second kappa shape index (κ2) is 7.32. The predicted molar refractivity (Wildman–Crippen MR) is 99.3 cm³/mol. The van der Waals surface area contributed by atoms with Crippen molar-refractivity contribution in [2.75, 3.05) is 18.2 Å². The van der Waals surface area contributed by atoms with Crippen molar-refractivity contribution in [3.8, 4) is 11.1 Å². The van der Waals surface area contributed by atoms with E-state index in [1.54, 1.807) is 31.5 Å². The molecule has 7 nitrogen and oxygen atoms in total. The topological polar surface area (TPSA) is 100 Å². The van der Waals surface area contributed by atoms with Crippen molar-refractivity contribution in [1.82, 2.24) is 15.2 Å². The lowest BCUT2D eigenvalue weighted by Gasteiger charge is -2.14. The Kier molecular flexibility index (Phi) is 5.32. The monoisotopic (exact) mass is 400 g/mol. The van der Waals surface area contributed by atoms with Crippen molar-refractivity contribution >= 4 is 47.5 Å². The van der Waals surface area contributed by atoms with Gasteiger partial charge in [0.25, 0.3) is 0 Å². The lowest BCUT2D eigenvalue weighted by molar-refractivity contribution is 0.275. The molecule has 0 bridgehead atoms. The van der Waals surface area contributed by atoms with Gasteiger partial charge in [0.15, 0.2) is 0 Å². The summed E-state index contributed by atoms with van der Waals surface area (Å²) in [7, 11) is -3.74. The van der Waals surface area contributed by atoms with Gasteiger partial charge < -0.3 is 14.7 Å². The zero-order chi connectivity index (χ0) is 18.0. The molecule has 2 aromatic heterocycles. The van der Waals surface area contributed by atoms with Crippen LogP contribution in [0.5, 0.6) is 0 Å². The molecule has 0 amide bonds. The van der Waals surface area contributed by atoms with E-state index in [1.807, 2.05) is 6.07 Å². The highest BCUT2D eigenvalue weighted by molar-refractivity contribution is 7.52. The summed E-state index contributed by atoms with van der Waals surface area (Å²) >= 11 is 12.4. The lowest BCUT2D eigenvalue weighted by Crippen LogP contribution is -2.06. The van der Waals surface area contributed by atoms with Gasteiger partial charge in [0.2, 0.25) is 0 Å². The normalized spacial score (nSPS) is 13.8. The van der Waals surface area contributed by atoms with Crippen LogP contribution in [0.2, 0.25) is 10.0 Å². The van der Waals surface area contributed by atoms with Crippen LogP contribution >= 0.6 is 30.8 Å². The van der Waals surface area contributed by atoms with Gasteiger partial charge in [-0.05, 0) is 24.6 Å². The molecule has 0 aliphatic heterocycles. The van der Waals surface area contributed by atoms with Gasteiger partial charge in [0, 0.05) is 17.1 Å². The molecular formula is C15H15Cl2N4O3P. The number of hydrogen-bond acceptors (Lipinski definition) is 5. The first kappa shape index (κ1) is 18.2. The van der Waals surface area contributed by atoms with Crippen LogP contribution < -0.4 is 5.32 Å². The maximum atomic E-state index is 11.9. The standard InChI is InChI=1S/C15H15Cl2N4O3P/c1-2-24-25(22,23)8-18-13-5-11(9-6-19-20-7-9)10-3-4-12(16)14(17)15(10)21-13/h3-7H,2,8H2,1H3,(H,18,21)(H,19,20)(H,22,23). The molecule has 3 rings (SSSR count). The van der Waals surface area contributed by atoms with Gasteiger partial charge >= 0.3 is 7.60 Å². The number of rotatable bonds is 6. The van der Waals surface area contributed by atoms with Crippen molar-refractivity contribution < 1.29 is 14.0 Å². The number of halogens is 2. The SMILES string of the molecule is CCOP(=O)(O)CNc1cc(-c2cn[nH]c2)c2ccc(Cl)c(Cl)c2n1. The van der Waals surface area contributed by atoms with Crippen LogP contribution in [0, 0.1) is 0 Å². The van der Waals surface area contributed by atoms with E-state index in [1.165, 1.54) is 0 Å². The molecule has 2 heterocycles. The molecule has 0 saturated carbocycles. The molecule has 1 atom stereocenters. The molecule has 0 radical (unpaired) electrons. The van der Waals surface area contributed by atoms with Crippen molar-refractivity contribution in [3.05, 3.63) is 40.6 Å². The highest BCUT2D eigenvalue weighted by Crippen LogP contribution is 2.42. The van der Waals surface area contributed by atoms with Gasteiger partial charge in [0.05, 0.1) is 28.4 Å². The molecule has 132 valence electrons. The summed E-state index contributed by atoms with van der Waals surface area (Å²) in [5, 5.41) is 11.0. The number of pyridine rings is 1. The quantitative estimate of drug-likeness (QED) is 0.525. The van der Waals surface area contributed by atoms with Crippen molar-refractivity contribution in [2.24, 2.45) is 0 Å². The van der Waals surface area contributed by atoms with Crippen LogP contribution in [0.4, 0.5) is 5.82 Å². The van der Waals surface area contributed by atoms with E-state index in [-0.39, 0.29) is 12.9 Å². The first-order valence-corrected chi connectivity index (χ1v) is 9.91. The molecule has 3 N–H and O–H groups in total. The zero-order valence-electron chi connectivity index (χ0n) is 13.2. The number of nitrogens with one attached hydrogen (secondary N) is 2. The van der Waals surface area contributed by atoms with Gasteiger partial charge in [-0.2, -0.15) is 5.10 Å². The van der Waals surface area contributed by atoms with Gasteiger partial charge in [0.1, 0.15) is 12.1 Å². The first-order valence-electron chi connectivity index (χ1n) is 7.39. The van der Waals surface area contributed by atoms with Crippen molar-refractivity contribution in [3.63, 3.8) is 0 Å². The largest absolute Gasteiger partial charge is 0.359 e. The number of H-pyrrole nitrogens is 1. The number of hydrogen-bond donors (Lipinski definition) is 3. The summed E-state index contributed by atoms with van der Waals surface area (Å²) < 4.78 is 16.7. The number of fused-ring (bicyclic) bond motifs is 1. The van der Waals surface area contributed by atoms with Gasteiger partial charge in [-0.1, -0.05) is 29.3 Å². The number of aromatic amines is 1. The Balaban J connectivity index is 2.08. The Morgan fingerprint density at radius 3 is 2.88 bits per heavy atom. The minimum absolute atomic E-state index is 0.141. The van der Waals surface area contributed by atoms with Crippen LogP contribution in [0.3, 0.4) is 0 Å². The first-order chi connectivity index (χ1) is 11.9. The second-order valence-corrected chi connectivity index (χ2v) is 7.82. The smallest absolute Gasteiger partial charge is 0.347 e. The highest BCUT2D eigenvalue weighted by Gasteiger charge is 2.19. The van der Waals surface area contributed by atoms with Gasteiger partial charge in [-0.25, -0.2) is 4.98 Å². The Morgan fingerprint density at radius 2 is 2.20 bits per heavy atom. The van der Waals surface area contributed by atoms with Gasteiger partial charge in [-0.15, -0.1) is 0 Å². The number of nitrogens with zero attached hydrogens (tertiary/aromatic N) is 2. The summed E-state index contributed by atoms with van der Waals surface area (Å²) in [5.41, 5.74) is 2.12. The molecule has 0 fully saturated rings. The minimum atomic E-state index is -3.74. The number of anilines is 1. The van der Waals surface area contributed by atoms with Crippen LogP contribution in [-0.2, 0) is 9.09 Å². The lowest BCUT2D eigenvalue weighted by atomic mass is 10.0. The molecule has 0 aliphatic rings. The molecular weight excluding hydrogens is 386 g/mol. The Morgan fingerprint density at radius 1 is 1.40 bits per heavy atom.